The normalized spacial score (nSPS) is 10.8. The summed E-state index contributed by atoms with van der Waals surface area (Å²) in [6, 6.07) is 8.01. The summed E-state index contributed by atoms with van der Waals surface area (Å²) in [5.41, 5.74) is 4.67. The van der Waals surface area contributed by atoms with Gasteiger partial charge in [0.2, 0.25) is 5.13 Å². The van der Waals surface area contributed by atoms with E-state index in [2.05, 4.69) is 20.5 Å². The summed E-state index contributed by atoms with van der Waals surface area (Å²) in [6.07, 6.45) is 0. The van der Waals surface area contributed by atoms with E-state index < -0.39 is 0 Å². The summed E-state index contributed by atoms with van der Waals surface area (Å²) in [6.45, 7) is 7.15. The van der Waals surface area contributed by atoms with Crippen molar-refractivity contribution in [2.24, 2.45) is 0 Å². The van der Waals surface area contributed by atoms with Gasteiger partial charge in [-0.3, -0.25) is 9.59 Å². The molecule has 6 nitrogen and oxygen atoms in total. The molecule has 0 aliphatic heterocycles. The first-order chi connectivity index (χ1) is 12.8. The number of nitrogens with zero attached hydrogens (tertiary/aromatic N) is 2. The van der Waals surface area contributed by atoms with Crippen LogP contribution in [0.2, 0.25) is 0 Å². The van der Waals surface area contributed by atoms with Gasteiger partial charge in [-0.2, -0.15) is 0 Å². The number of nitrogens with one attached hydrogen (secondary N) is 2. The maximum atomic E-state index is 12.5. The molecule has 0 spiro atoms. The lowest BCUT2D eigenvalue weighted by atomic mass is 10.1. The van der Waals surface area contributed by atoms with Gasteiger partial charge in [0.15, 0.2) is 15.9 Å². The van der Waals surface area contributed by atoms with Crippen LogP contribution >= 0.6 is 23.1 Å². The number of aromatic amines is 1. The lowest BCUT2D eigenvalue weighted by Gasteiger charge is -2.01. The van der Waals surface area contributed by atoms with E-state index in [0.29, 0.717) is 26.3 Å². The molecule has 27 heavy (non-hydrogen) atoms. The van der Waals surface area contributed by atoms with Crippen LogP contribution in [0.3, 0.4) is 0 Å². The zero-order valence-corrected chi connectivity index (χ0v) is 17.2. The molecule has 0 unspecified atom stereocenters. The Balaban J connectivity index is 1.63. The number of rotatable bonds is 7. The lowest BCUT2D eigenvalue weighted by molar-refractivity contribution is 0.101. The second-order valence-electron chi connectivity index (χ2n) is 6.26. The minimum absolute atomic E-state index is 0.0381. The second-order valence-corrected chi connectivity index (χ2v) is 8.46. The topological polar surface area (TPSA) is 87.7 Å². The van der Waals surface area contributed by atoms with Crippen LogP contribution in [0.1, 0.15) is 44.6 Å². The molecular formula is C19H20N4O2S2. The molecular weight excluding hydrogens is 380 g/mol. The van der Waals surface area contributed by atoms with Gasteiger partial charge in [0, 0.05) is 16.9 Å². The molecule has 0 atom stereocenters. The number of H-pyrrole nitrogens is 1. The highest BCUT2D eigenvalue weighted by molar-refractivity contribution is 8.01. The van der Waals surface area contributed by atoms with E-state index in [1.165, 1.54) is 35.6 Å². The van der Waals surface area contributed by atoms with Gasteiger partial charge in [-0.05, 0) is 45.4 Å². The van der Waals surface area contributed by atoms with E-state index in [1.54, 1.807) is 13.8 Å². The summed E-state index contributed by atoms with van der Waals surface area (Å²) in [5, 5.41) is 12.1. The maximum Gasteiger partial charge on any atom is 0.210 e. The summed E-state index contributed by atoms with van der Waals surface area (Å²) in [7, 11) is 0. The highest BCUT2D eigenvalue weighted by Gasteiger charge is 2.20. The Bertz CT molecular complexity index is 990. The van der Waals surface area contributed by atoms with Crippen molar-refractivity contribution in [1.82, 2.24) is 15.2 Å². The van der Waals surface area contributed by atoms with E-state index in [9.17, 15) is 9.59 Å². The molecule has 140 valence electrons. The van der Waals surface area contributed by atoms with E-state index >= 15 is 0 Å². The van der Waals surface area contributed by atoms with Crippen molar-refractivity contribution >= 4 is 45.5 Å². The molecule has 2 N–H and O–H groups in total. The molecule has 0 bridgehead atoms. The molecule has 2 aromatic heterocycles. The van der Waals surface area contributed by atoms with E-state index in [-0.39, 0.29) is 17.3 Å². The molecule has 0 amide bonds. The quantitative estimate of drug-likeness (QED) is 0.441. The number of hydrogen-bond acceptors (Lipinski definition) is 7. The van der Waals surface area contributed by atoms with Gasteiger partial charge in [0.1, 0.15) is 0 Å². The Morgan fingerprint density at radius 3 is 2.48 bits per heavy atom. The Kier molecular flexibility index (Phi) is 5.76. The summed E-state index contributed by atoms with van der Waals surface area (Å²) in [5.74, 6) is 0.136. The second kappa shape index (κ2) is 8.06. The molecule has 2 heterocycles. The fourth-order valence-electron chi connectivity index (χ4n) is 2.84. The lowest BCUT2D eigenvalue weighted by Crippen LogP contribution is -2.05. The Labute approximate surface area is 165 Å². The van der Waals surface area contributed by atoms with Gasteiger partial charge in [-0.15, -0.1) is 10.2 Å². The van der Waals surface area contributed by atoms with Crippen LogP contribution in [0.4, 0.5) is 10.8 Å². The highest BCUT2D eigenvalue weighted by atomic mass is 32.2. The molecule has 0 radical (unpaired) electrons. The molecule has 0 saturated heterocycles. The molecule has 8 heteroatoms. The number of aromatic nitrogens is 3. The van der Waals surface area contributed by atoms with Crippen molar-refractivity contribution in [3.63, 3.8) is 0 Å². The van der Waals surface area contributed by atoms with Gasteiger partial charge in [0.05, 0.1) is 11.4 Å². The van der Waals surface area contributed by atoms with E-state index in [0.717, 1.165) is 11.4 Å². The van der Waals surface area contributed by atoms with Crippen molar-refractivity contribution in [2.45, 2.75) is 32.0 Å². The first kappa shape index (κ1) is 19.3. The van der Waals surface area contributed by atoms with Gasteiger partial charge in [0.25, 0.3) is 0 Å². The predicted octanol–water partition coefficient (Wildman–Crippen LogP) is 4.71. The molecule has 1 aromatic carbocycles. The standard InChI is InChI=1S/C19H20N4O2S2/c1-10-5-7-14(8-6-10)21-18-22-23-19(27-18)26-9-15(25)17-11(2)16(13(4)24)12(3)20-17/h5-8,20H,9H2,1-4H3,(H,21,22). The summed E-state index contributed by atoms with van der Waals surface area (Å²) in [4.78, 5) is 27.3. The number of Topliss-reactive ketones (excluding diaryl/α,β-unsaturated/α-hetero) is 2. The van der Waals surface area contributed by atoms with Crippen molar-refractivity contribution in [3.8, 4) is 0 Å². The van der Waals surface area contributed by atoms with Crippen LogP contribution in [0.5, 0.6) is 0 Å². The molecule has 0 aliphatic carbocycles. The van der Waals surface area contributed by atoms with Crippen LogP contribution in [0, 0.1) is 20.8 Å². The number of anilines is 2. The van der Waals surface area contributed by atoms with Crippen molar-refractivity contribution in [1.29, 1.82) is 0 Å². The number of aryl methyl sites for hydroxylation is 2. The van der Waals surface area contributed by atoms with Crippen LogP contribution in [-0.4, -0.2) is 32.5 Å². The minimum atomic E-state index is -0.0589. The zero-order chi connectivity index (χ0) is 19.6. The molecule has 0 fully saturated rings. The predicted molar refractivity (Wildman–Crippen MR) is 110 cm³/mol. The highest BCUT2D eigenvalue weighted by Crippen LogP contribution is 2.29. The third-order valence-electron chi connectivity index (χ3n) is 4.10. The summed E-state index contributed by atoms with van der Waals surface area (Å²) >= 11 is 2.74. The van der Waals surface area contributed by atoms with E-state index in [1.807, 2.05) is 31.2 Å². The smallest absolute Gasteiger partial charge is 0.210 e. The largest absolute Gasteiger partial charge is 0.355 e. The van der Waals surface area contributed by atoms with Gasteiger partial charge < -0.3 is 10.3 Å². The number of hydrogen-bond donors (Lipinski definition) is 2. The Morgan fingerprint density at radius 1 is 1.15 bits per heavy atom. The minimum Gasteiger partial charge on any atom is -0.355 e. The molecule has 0 aliphatic rings. The first-order valence-corrected chi connectivity index (χ1v) is 10.2. The van der Waals surface area contributed by atoms with Gasteiger partial charge in [-0.1, -0.05) is 40.8 Å². The average Bonchev–Trinajstić information content (AvgIpc) is 3.18. The fraction of sp³-hybridized carbons (Fsp3) is 0.263. The third kappa shape index (κ3) is 4.45. The molecule has 0 saturated carbocycles. The number of ketones is 2. The number of benzene rings is 1. The maximum absolute atomic E-state index is 12.5. The fourth-order valence-corrected chi connectivity index (χ4v) is 4.48. The monoisotopic (exact) mass is 400 g/mol. The Hall–Kier alpha value is -2.45. The van der Waals surface area contributed by atoms with Crippen LogP contribution in [0.15, 0.2) is 28.6 Å². The van der Waals surface area contributed by atoms with Crippen molar-refractivity contribution in [3.05, 3.63) is 52.3 Å². The Morgan fingerprint density at radius 2 is 1.85 bits per heavy atom. The number of thioether (sulfide) groups is 1. The molecule has 3 rings (SSSR count). The van der Waals surface area contributed by atoms with E-state index in [4.69, 9.17) is 0 Å². The average molecular weight is 401 g/mol. The van der Waals surface area contributed by atoms with Gasteiger partial charge >= 0.3 is 0 Å². The van der Waals surface area contributed by atoms with Crippen LogP contribution in [0.25, 0.3) is 0 Å². The molecule has 3 aromatic rings. The summed E-state index contributed by atoms with van der Waals surface area (Å²) < 4.78 is 0.714. The van der Waals surface area contributed by atoms with Gasteiger partial charge in [-0.25, -0.2) is 0 Å². The van der Waals surface area contributed by atoms with Crippen molar-refractivity contribution in [2.75, 3.05) is 11.1 Å². The SMILES string of the molecule is CC(=O)c1c(C)[nH]c(C(=O)CSc2nnc(Nc3ccc(C)cc3)s2)c1C. The first-order valence-electron chi connectivity index (χ1n) is 8.38. The zero-order valence-electron chi connectivity index (χ0n) is 15.5. The number of carbonyl (C=O) groups excluding carboxylic acids is 2. The third-order valence-corrected chi connectivity index (χ3v) is 6.08. The van der Waals surface area contributed by atoms with Crippen molar-refractivity contribution < 1.29 is 9.59 Å². The van der Waals surface area contributed by atoms with Crippen LogP contribution in [-0.2, 0) is 0 Å². The van der Waals surface area contributed by atoms with Crippen LogP contribution < -0.4 is 5.32 Å². The number of carbonyl (C=O) groups is 2.